The monoisotopic (exact) mass is 379 g/mol. The van der Waals surface area contributed by atoms with Crippen LogP contribution in [0.4, 0.5) is 13.2 Å². The first-order chi connectivity index (χ1) is 6.36. The van der Waals surface area contributed by atoms with E-state index in [4.69, 9.17) is 5.73 Å². The SMILES string of the molecule is NCc1cc(C(F)(F)F)cc(I)c1Br. The van der Waals surface area contributed by atoms with Crippen molar-refractivity contribution in [2.45, 2.75) is 12.7 Å². The molecule has 0 saturated heterocycles. The van der Waals surface area contributed by atoms with Crippen LogP contribution in [0.1, 0.15) is 11.1 Å². The van der Waals surface area contributed by atoms with Crippen LogP contribution in [-0.4, -0.2) is 0 Å². The molecule has 1 aromatic rings. The fourth-order valence-electron chi connectivity index (χ4n) is 0.958. The van der Waals surface area contributed by atoms with Gasteiger partial charge in [0.25, 0.3) is 0 Å². The third kappa shape index (κ3) is 2.60. The molecular formula is C8H6BrF3IN. The standard InChI is InChI=1S/C8H6BrF3IN/c9-7-4(3-14)1-5(2-6(7)13)8(10,11)12/h1-2H,3,14H2. The lowest BCUT2D eigenvalue weighted by atomic mass is 10.1. The first-order valence-electron chi connectivity index (χ1n) is 3.61. The van der Waals surface area contributed by atoms with Crippen molar-refractivity contribution in [2.24, 2.45) is 5.73 Å². The summed E-state index contributed by atoms with van der Waals surface area (Å²) in [6, 6.07) is 2.15. The predicted molar refractivity (Wildman–Crippen MR) is 59.8 cm³/mol. The Bertz CT molecular complexity index is 351. The number of nitrogens with two attached hydrogens (primary N) is 1. The van der Waals surface area contributed by atoms with Crippen molar-refractivity contribution in [3.8, 4) is 0 Å². The van der Waals surface area contributed by atoms with E-state index in [-0.39, 0.29) is 6.54 Å². The third-order valence-electron chi connectivity index (χ3n) is 1.65. The number of hydrogen-bond donors (Lipinski definition) is 1. The Hall–Kier alpha value is 0.180. The van der Waals surface area contributed by atoms with Gasteiger partial charge < -0.3 is 5.73 Å². The first kappa shape index (κ1) is 12.3. The van der Waals surface area contributed by atoms with Gasteiger partial charge in [-0.05, 0) is 56.2 Å². The van der Waals surface area contributed by atoms with E-state index in [2.05, 4.69) is 15.9 Å². The van der Waals surface area contributed by atoms with Crippen LogP contribution < -0.4 is 5.73 Å². The quantitative estimate of drug-likeness (QED) is 0.742. The Morgan fingerprint density at radius 1 is 1.36 bits per heavy atom. The van der Waals surface area contributed by atoms with Gasteiger partial charge in [-0.2, -0.15) is 13.2 Å². The molecule has 0 aliphatic heterocycles. The molecule has 0 bridgehead atoms. The average Bonchev–Trinajstić information content (AvgIpc) is 2.07. The van der Waals surface area contributed by atoms with Crippen molar-refractivity contribution >= 4 is 38.5 Å². The lowest BCUT2D eigenvalue weighted by molar-refractivity contribution is -0.137. The highest BCUT2D eigenvalue weighted by Crippen LogP contribution is 2.34. The third-order valence-corrected chi connectivity index (χ3v) is 4.18. The van der Waals surface area contributed by atoms with E-state index in [0.29, 0.717) is 13.6 Å². The second-order valence-electron chi connectivity index (χ2n) is 2.63. The number of alkyl halides is 3. The second-order valence-corrected chi connectivity index (χ2v) is 4.59. The zero-order chi connectivity index (χ0) is 10.9. The maximum atomic E-state index is 12.4. The van der Waals surface area contributed by atoms with Crippen molar-refractivity contribution in [2.75, 3.05) is 0 Å². The summed E-state index contributed by atoms with van der Waals surface area (Å²) in [5, 5.41) is 0. The second kappa shape index (κ2) is 4.36. The molecule has 2 N–H and O–H groups in total. The van der Waals surface area contributed by atoms with Crippen molar-refractivity contribution in [1.29, 1.82) is 0 Å². The van der Waals surface area contributed by atoms with E-state index in [9.17, 15) is 13.2 Å². The zero-order valence-corrected chi connectivity index (χ0v) is 10.6. The van der Waals surface area contributed by atoms with Crippen molar-refractivity contribution in [3.63, 3.8) is 0 Å². The van der Waals surface area contributed by atoms with E-state index in [1.54, 1.807) is 0 Å². The molecule has 1 aromatic carbocycles. The Balaban J connectivity index is 3.30. The molecule has 0 aliphatic carbocycles. The van der Waals surface area contributed by atoms with Crippen LogP contribution in [0.15, 0.2) is 16.6 Å². The van der Waals surface area contributed by atoms with Gasteiger partial charge in [-0.3, -0.25) is 0 Å². The normalized spacial score (nSPS) is 11.9. The molecule has 0 radical (unpaired) electrons. The molecule has 0 aromatic heterocycles. The molecule has 6 heteroatoms. The Kier molecular flexibility index (Phi) is 3.81. The fourth-order valence-corrected chi connectivity index (χ4v) is 2.03. The molecule has 0 spiro atoms. The van der Waals surface area contributed by atoms with Gasteiger partial charge in [0.15, 0.2) is 0 Å². The van der Waals surface area contributed by atoms with Gasteiger partial charge >= 0.3 is 6.18 Å². The number of rotatable bonds is 1. The smallest absolute Gasteiger partial charge is 0.326 e. The Morgan fingerprint density at radius 2 is 1.93 bits per heavy atom. The van der Waals surface area contributed by atoms with Crippen LogP contribution >= 0.6 is 38.5 Å². The van der Waals surface area contributed by atoms with E-state index in [1.807, 2.05) is 22.6 Å². The molecule has 0 saturated carbocycles. The molecule has 1 nitrogen and oxygen atoms in total. The fraction of sp³-hybridized carbons (Fsp3) is 0.250. The van der Waals surface area contributed by atoms with Crippen LogP contribution in [0.3, 0.4) is 0 Å². The largest absolute Gasteiger partial charge is 0.416 e. The summed E-state index contributed by atoms with van der Waals surface area (Å²) in [7, 11) is 0. The minimum Gasteiger partial charge on any atom is -0.326 e. The topological polar surface area (TPSA) is 26.0 Å². The minimum atomic E-state index is -4.31. The highest BCUT2D eigenvalue weighted by molar-refractivity contribution is 14.1. The van der Waals surface area contributed by atoms with Crippen LogP contribution in [0, 0.1) is 3.57 Å². The molecule has 0 aliphatic rings. The predicted octanol–water partition coefficient (Wildman–Crippen LogP) is 3.53. The minimum absolute atomic E-state index is 0.0838. The van der Waals surface area contributed by atoms with Crippen LogP contribution in [0.5, 0.6) is 0 Å². The molecule has 0 fully saturated rings. The summed E-state index contributed by atoms with van der Waals surface area (Å²) < 4.78 is 38.2. The van der Waals surface area contributed by atoms with E-state index >= 15 is 0 Å². The number of hydrogen-bond acceptors (Lipinski definition) is 1. The Morgan fingerprint density at radius 3 is 2.36 bits per heavy atom. The maximum Gasteiger partial charge on any atom is 0.416 e. The van der Waals surface area contributed by atoms with Gasteiger partial charge in [0.2, 0.25) is 0 Å². The van der Waals surface area contributed by atoms with Crippen LogP contribution in [0.25, 0.3) is 0 Å². The van der Waals surface area contributed by atoms with Crippen molar-refractivity contribution < 1.29 is 13.2 Å². The van der Waals surface area contributed by atoms with Crippen molar-refractivity contribution in [3.05, 3.63) is 31.3 Å². The maximum absolute atomic E-state index is 12.4. The van der Waals surface area contributed by atoms with Crippen molar-refractivity contribution in [1.82, 2.24) is 0 Å². The van der Waals surface area contributed by atoms with Gasteiger partial charge in [0.05, 0.1) is 5.56 Å². The summed E-state index contributed by atoms with van der Waals surface area (Å²) >= 11 is 5.02. The summed E-state index contributed by atoms with van der Waals surface area (Å²) in [6.07, 6.45) is -4.31. The highest BCUT2D eigenvalue weighted by atomic mass is 127. The summed E-state index contributed by atoms with van der Waals surface area (Å²) in [6.45, 7) is 0.0838. The molecular weight excluding hydrogens is 374 g/mol. The van der Waals surface area contributed by atoms with E-state index in [0.717, 1.165) is 12.1 Å². The molecule has 14 heavy (non-hydrogen) atoms. The average molecular weight is 380 g/mol. The molecule has 0 amide bonds. The zero-order valence-electron chi connectivity index (χ0n) is 6.83. The van der Waals surface area contributed by atoms with E-state index < -0.39 is 11.7 Å². The lowest BCUT2D eigenvalue weighted by Gasteiger charge is -2.11. The molecule has 0 unspecified atom stereocenters. The van der Waals surface area contributed by atoms with Gasteiger partial charge in [-0.1, -0.05) is 0 Å². The molecule has 0 atom stereocenters. The summed E-state index contributed by atoms with van der Waals surface area (Å²) in [4.78, 5) is 0. The van der Waals surface area contributed by atoms with E-state index in [1.165, 1.54) is 0 Å². The van der Waals surface area contributed by atoms with Crippen LogP contribution in [-0.2, 0) is 12.7 Å². The Labute approximate surface area is 101 Å². The summed E-state index contributed by atoms with van der Waals surface area (Å²) in [5.74, 6) is 0. The summed E-state index contributed by atoms with van der Waals surface area (Å²) in [5.41, 5.74) is 5.13. The highest BCUT2D eigenvalue weighted by Gasteiger charge is 2.31. The molecule has 1 rings (SSSR count). The van der Waals surface area contributed by atoms with Gasteiger partial charge in [-0.15, -0.1) is 0 Å². The number of benzene rings is 1. The van der Waals surface area contributed by atoms with Gasteiger partial charge in [-0.25, -0.2) is 0 Å². The van der Waals surface area contributed by atoms with Gasteiger partial charge in [0, 0.05) is 14.6 Å². The van der Waals surface area contributed by atoms with Gasteiger partial charge in [0.1, 0.15) is 0 Å². The molecule has 0 heterocycles. The first-order valence-corrected chi connectivity index (χ1v) is 5.48. The molecule has 78 valence electrons. The lowest BCUT2D eigenvalue weighted by Crippen LogP contribution is -2.08. The number of halogens is 5. The van der Waals surface area contributed by atoms with Crippen LogP contribution in [0.2, 0.25) is 0 Å².